The zero-order chi connectivity index (χ0) is 25.1. The zero-order valence-corrected chi connectivity index (χ0v) is 18.7. The molecule has 2 fully saturated rings. The molecule has 4 rings (SSSR count). The number of rotatable bonds is 5. The molecule has 2 aromatic rings. The van der Waals surface area contributed by atoms with E-state index in [9.17, 15) is 14.4 Å². The maximum atomic E-state index is 15.0. The second-order valence-electron chi connectivity index (χ2n) is 7.85. The van der Waals surface area contributed by atoms with Crippen molar-refractivity contribution in [3.8, 4) is 0 Å². The number of urea groups is 1. The molecule has 188 valence electrons. The quantitative estimate of drug-likeness (QED) is 0.480. The number of nitrogen functional groups attached to an aromatic ring is 1. The van der Waals surface area contributed by atoms with Gasteiger partial charge in [-0.05, 0) is 0 Å². The molecule has 1 aromatic heterocycles. The fraction of sp³-hybridized carbons (Fsp3) is 0.400. The summed E-state index contributed by atoms with van der Waals surface area (Å²) in [7, 11) is 0. The van der Waals surface area contributed by atoms with E-state index in [0.717, 1.165) is 22.1 Å². The molecule has 4 amide bonds. The number of cyclic esters (lactones) is 1. The molecule has 0 radical (unpaired) electrons. The number of carbonyl (C=O) groups is 3. The third-order valence-electron chi connectivity index (χ3n) is 5.31. The van der Waals surface area contributed by atoms with Crippen LogP contribution in [0, 0.1) is 11.6 Å². The van der Waals surface area contributed by atoms with Gasteiger partial charge in [0.1, 0.15) is 17.6 Å². The average molecular weight is 494 g/mol. The van der Waals surface area contributed by atoms with E-state index in [2.05, 4.69) is 20.6 Å². The summed E-state index contributed by atoms with van der Waals surface area (Å²) in [6.45, 7) is 1.61. The van der Waals surface area contributed by atoms with Crippen LogP contribution in [0.1, 0.15) is 6.92 Å². The Morgan fingerprint density at radius 1 is 1.26 bits per heavy atom. The third-order valence-corrected chi connectivity index (χ3v) is 5.31. The van der Waals surface area contributed by atoms with Crippen LogP contribution in [-0.2, 0) is 14.4 Å². The lowest BCUT2D eigenvalue weighted by Gasteiger charge is -2.24. The van der Waals surface area contributed by atoms with Crippen molar-refractivity contribution in [1.29, 1.82) is 0 Å². The molecule has 0 saturated carbocycles. The highest BCUT2D eigenvalue weighted by Crippen LogP contribution is 2.31. The van der Waals surface area contributed by atoms with Crippen molar-refractivity contribution in [3.05, 3.63) is 30.0 Å². The lowest BCUT2D eigenvalue weighted by Crippen LogP contribution is -2.37. The van der Waals surface area contributed by atoms with Gasteiger partial charge >= 0.3 is 12.1 Å². The summed E-state index contributed by atoms with van der Waals surface area (Å²) in [5.74, 6) is -1.67. The van der Waals surface area contributed by atoms with Gasteiger partial charge in [-0.15, -0.1) is 0 Å². The van der Waals surface area contributed by atoms with Gasteiger partial charge in [-0.25, -0.2) is 28.4 Å². The van der Waals surface area contributed by atoms with E-state index in [1.807, 2.05) is 0 Å². The van der Waals surface area contributed by atoms with Crippen molar-refractivity contribution in [3.63, 3.8) is 0 Å². The van der Waals surface area contributed by atoms with Crippen LogP contribution >= 0.6 is 0 Å². The van der Waals surface area contributed by atoms with Crippen molar-refractivity contribution in [1.82, 2.24) is 20.3 Å². The number of ether oxygens (including phenoxy) is 1. The van der Waals surface area contributed by atoms with Gasteiger partial charge in [-0.3, -0.25) is 19.8 Å². The summed E-state index contributed by atoms with van der Waals surface area (Å²) in [6, 6.07) is 1.45. The van der Waals surface area contributed by atoms with Crippen LogP contribution < -0.4 is 26.2 Å². The number of hydrogen-bond donors (Lipinski definition) is 4. The topological polar surface area (TPSA) is 158 Å². The molecule has 0 bridgehead atoms. The van der Waals surface area contributed by atoms with Gasteiger partial charge in [0, 0.05) is 32.1 Å². The third kappa shape index (κ3) is 5.51. The minimum absolute atomic E-state index is 0.00589. The molecule has 0 spiro atoms. The van der Waals surface area contributed by atoms with E-state index in [4.69, 9.17) is 15.3 Å². The number of aromatic amines is 1. The van der Waals surface area contributed by atoms with Crippen LogP contribution in [0.15, 0.2) is 18.3 Å². The Bertz CT molecular complexity index is 1110. The van der Waals surface area contributed by atoms with Gasteiger partial charge in [-0.1, -0.05) is 0 Å². The fourth-order valence-electron chi connectivity index (χ4n) is 3.70. The number of benzene rings is 1. The van der Waals surface area contributed by atoms with E-state index >= 15 is 8.78 Å². The van der Waals surface area contributed by atoms with Crippen molar-refractivity contribution in [2.45, 2.75) is 13.0 Å². The number of nitrogens with zero attached hydrogens (tertiary/aromatic N) is 4. The number of imidazole rings is 1. The molecule has 1 atom stereocenters. The Kier molecular flexibility index (Phi) is 6.86. The first-order chi connectivity index (χ1) is 16.7. The molecular formula is C20H24F2N8O5. The number of anilines is 4. The Balaban J connectivity index is 1.41. The van der Waals surface area contributed by atoms with E-state index in [1.165, 1.54) is 18.0 Å². The summed E-state index contributed by atoms with van der Waals surface area (Å²) >= 11 is 0. The van der Waals surface area contributed by atoms with Gasteiger partial charge in [0.05, 0.1) is 38.1 Å². The molecule has 2 aliphatic rings. The molecule has 2 saturated heterocycles. The Morgan fingerprint density at radius 3 is 2.66 bits per heavy atom. The van der Waals surface area contributed by atoms with E-state index in [1.54, 1.807) is 0 Å². The summed E-state index contributed by atoms with van der Waals surface area (Å²) < 4.78 is 35.2. The molecule has 15 heteroatoms. The number of hydroxylamine groups is 2. The van der Waals surface area contributed by atoms with Crippen molar-refractivity contribution < 1.29 is 32.7 Å². The van der Waals surface area contributed by atoms with Crippen molar-refractivity contribution in [2.24, 2.45) is 0 Å². The lowest BCUT2D eigenvalue weighted by atomic mass is 10.2. The van der Waals surface area contributed by atoms with E-state index in [0.29, 0.717) is 0 Å². The molecular weight excluding hydrogens is 470 g/mol. The minimum Gasteiger partial charge on any atom is -0.442 e. The number of aromatic nitrogens is 2. The van der Waals surface area contributed by atoms with Gasteiger partial charge in [0.25, 0.3) is 0 Å². The van der Waals surface area contributed by atoms with Crippen LogP contribution in [0.25, 0.3) is 0 Å². The first kappa shape index (κ1) is 24.0. The maximum Gasteiger partial charge on any atom is 0.414 e. The second kappa shape index (κ2) is 10.0. The number of halogens is 2. The number of nitrogens with one attached hydrogen (secondary N) is 3. The SMILES string of the molecule is CC(=O)NC[C@H]1CN(c2cc(F)c(N3CCON(C(=O)Nc4ncc(N)[nH]4)CC3)c(F)c2)C(=O)O1. The highest BCUT2D eigenvalue weighted by atomic mass is 19.1. The van der Waals surface area contributed by atoms with Crippen LogP contribution in [-0.4, -0.2) is 78.5 Å². The summed E-state index contributed by atoms with van der Waals surface area (Å²) in [6.07, 6.45) is -0.0781. The minimum atomic E-state index is -0.887. The predicted molar refractivity (Wildman–Crippen MR) is 120 cm³/mol. The second-order valence-corrected chi connectivity index (χ2v) is 7.85. The molecule has 13 nitrogen and oxygen atoms in total. The largest absolute Gasteiger partial charge is 0.442 e. The molecule has 0 aliphatic carbocycles. The number of amides is 4. The monoisotopic (exact) mass is 494 g/mol. The number of carbonyl (C=O) groups excluding carboxylic acids is 3. The van der Waals surface area contributed by atoms with Gasteiger partial charge in [0.2, 0.25) is 11.9 Å². The molecule has 0 unspecified atom stereocenters. The average Bonchev–Trinajstić information content (AvgIpc) is 3.28. The normalized spacial score (nSPS) is 18.3. The highest BCUT2D eigenvalue weighted by Gasteiger charge is 2.34. The van der Waals surface area contributed by atoms with E-state index in [-0.39, 0.29) is 68.4 Å². The smallest absolute Gasteiger partial charge is 0.414 e. The number of H-pyrrole nitrogens is 1. The van der Waals surface area contributed by atoms with Crippen LogP contribution in [0.3, 0.4) is 0 Å². The van der Waals surface area contributed by atoms with Crippen LogP contribution in [0.2, 0.25) is 0 Å². The number of hydrogen-bond acceptors (Lipinski definition) is 8. The summed E-state index contributed by atoms with van der Waals surface area (Å²) in [5.41, 5.74) is 5.21. The fourth-order valence-corrected chi connectivity index (χ4v) is 3.70. The summed E-state index contributed by atoms with van der Waals surface area (Å²) in [5, 5.41) is 6.04. The van der Waals surface area contributed by atoms with Gasteiger partial charge in [-0.2, -0.15) is 0 Å². The first-order valence-corrected chi connectivity index (χ1v) is 10.7. The maximum absolute atomic E-state index is 15.0. The Hall–Kier alpha value is -4.14. The van der Waals surface area contributed by atoms with Crippen LogP contribution in [0.5, 0.6) is 0 Å². The molecule has 1 aromatic carbocycles. The Morgan fingerprint density at radius 2 is 2.00 bits per heavy atom. The van der Waals surface area contributed by atoms with Gasteiger partial charge < -0.3 is 25.7 Å². The molecule has 2 aliphatic heterocycles. The molecule has 35 heavy (non-hydrogen) atoms. The first-order valence-electron chi connectivity index (χ1n) is 10.7. The van der Waals surface area contributed by atoms with E-state index < -0.39 is 29.9 Å². The predicted octanol–water partition coefficient (Wildman–Crippen LogP) is 1.02. The molecule has 3 heterocycles. The lowest BCUT2D eigenvalue weighted by molar-refractivity contribution is -0.119. The Labute approximate surface area is 198 Å². The van der Waals surface area contributed by atoms with Crippen molar-refractivity contribution >= 4 is 41.2 Å². The molecule has 5 N–H and O–H groups in total. The van der Waals surface area contributed by atoms with Crippen molar-refractivity contribution in [2.75, 3.05) is 60.2 Å². The number of nitrogens with two attached hydrogens (primary N) is 1. The zero-order valence-electron chi connectivity index (χ0n) is 18.7. The summed E-state index contributed by atoms with van der Waals surface area (Å²) in [4.78, 5) is 50.1. The van der Waals surface area contributed by atoms with Crippen LogP contribution in [0.4, 0.5) is 41.5 Å². The highest BCUT2D eigenvalue weighted by molar-refractivity contribution is 5.90. The standard InChI is InChI=1S/C20H24F2N8O5/c1-11(31)24-8-13-10-29(20(33)35-13)12-6-14(21)17(15(22)7-12)28-2-3-30(34-5-4-28)19(32)27-18-25-9-16(23)26-18/h6-7,9,13H,2-5,8,10,23H2,1H3,(H,24,31)(H2,25,26,27,32)/t13-/m0/s1. The van der Waals surface area contributed by atoms with Gasteiger partial charge in [0.15, 0.2) is 11.6 Å².